The summed E-state index contributed by atoms with van der Waals surface area (Å²) in [6, 6.07) is 0. The summed E-state index contributed by atoms with van der Waals surface area (Å²) in [4.78, 5) is 11.5. The third-order valence-electron chi connectivity index (χ3n) is 7.07. The highest BCUT2D eigenvalue weighted by Crippen LogP contribution is 2.77. The first-order chi connectivity index (χ1) is 10.0. The van der Waals surface area contributed by atoms with Crippen molar-refractivity contribution in [1.82, 2.24) is 0 Å². The fraction of sp³-hybridized carbons (Fsp3) is 0.944. The third kappa shape index (κ3) is 1.67. The van der Waals surface area contributed by atoms with Crippen LogP contribution >= 0.6 is 0 Å². The molecule has 21 heavy (non-hydrogen) atoms. The minimum Gasteiger partial charge on any atom is -0.435 e. The Hall–Kier alpha value is -0.570. The maximum absolute atomic E-state index is 11.5. The number of ether oxygens (including phenoxy) is 2. The van der Waals surface area contributed by atoms with Gasteiger partial charge in [-0.05, 0) is 37.0 Å². The Bertz CT molecular complexity index is 434. The van der Waals surface area contributed by atoms with Crippen molar-refractivity contribution in [3.63, 3.8) is 0 Å². The second-order valence-electron chi connectivity index (χ2n) is 7.39. The summed E-state index contributed by atoms with van der Waals surface area (Å²) in [5.74, 6) is 2.61. The van der Waals surface area contributed by atoms with Gasteiger partial charge in [-0.15, -0.1) is 0 Å². The molecule has 0 N–H and O–H groups in total. The molecule has 0 aromatic heterocycles. The van der Waals surface area contributed by atoms with Crippen LogP contribution in [0.1, 0.15) is 66.7 Å². The molecule has 3 aliphatic rings. The molecule has 2 aliphatic carbocycles. The van der Waals surface area contributed by atoms with Crippen molar-refractivity contribution >= 4 is 5.97 Å². The van der Waals surface area contributed by atoms with Gasteiger partial charge in [-0.1, -0.05) is 40.5 Å². The lowest BCUT2D eigenvalue weighted by molar-refractivity contribution is -0.234. The van der Waals surface area contributed by atoms with Crippen LogP contribution in [0.3, 0.4) is 0 Å². The number of hydrogen-bond donors (Lipinski definition) is 0. The molecule has 3 heteroatoms. The van der Waals surface area contributed by atoms with Crippen LogP contribution in [0.2, 0.25) is 0 Å². The molecule has 0 aromatic rings. The highest BCUT2D eigenvalue weighted by molar-refractivity contribution is 5.66. The van der Waals surface area contributed by atoms with E-state index >= 15 is 0 Å². The van der Waals surface area contributed by atoms with Crippen LogP contribution in [-0.4, -0.2) is 17.9 Å². The molecule has 0 aromatic carbocycles. The van der Waals surface area contributed by atoms with Crippen molar-refractivity contribution in [2.45, 2.75) is 78.6 Å². The quantitative estimate of drug-likeness (QED) is 0.714. The molecular formula is C18H30O3. The average Bonchev–Trinajstić information content (AvgIpc) is 2.82. The number of carbonyl (C=O) groups is 1. The lowest BCUT2D eigenvalue weighted by Crippen LogP contribution is -2.60. The molecule has 0 radical (unpaired) electrons. The highest BCUT2D eigenvalue weighted by atomic mass is 16.7. The smallest absolute Gasteiger partial charge is 0.304 e. The zero-order chi connectivity index (χ0) is 15.4. The molecule has 3 nitrogen and oxygen atoms in total. The fourth-order valence-electron chi connectivity index (χ4n) is 6.42. The first-order valence-electron chi connectivity index (χ1n) is 8.85. The normalized spacial score (nSPS) is 50.6. The molecule has 0 spiro atoms. The summed E-state index contributed by atoms with van der Waals surface area (Å²) in [6.45, 7) is 10.6. The van der Waals surface area contributed by atoms with Crippen molar-refractivity contribution in [3.8, 4) is 0 Å². The van der Waals surface area contributed by atoms with Gasteiger partial charge in [0.1, 0.15) is 0 Å². The standard InChI is InChI=1S/C18H30O3/c1-6-12-10-17(8-3)15-14(12)13(7-2)18(15,9-4)16(21-17)20-11(5)19/h12-16H,6-10H2,1-5H3/t12-,13-,14?,15?,16?,17-,18+/m1/s1. The molecule has 1 saturated heterocycles. The predicted octanol–water partition coefficient (Wildman–Crippen LogP) is 4.15. The van der Waals surface area contributed by atoms with Crippen LogP contribution in [0.15, 0.2) is 0 Å². The number of carbonyl (C=O) groups excluding carboxylic acids is 1. The van der Waals surface area contributed by atoms with Crippen LogP contribution in [0.25, 0.3) is 0 Å². The molecule has 1 aliphatic heterocycles. The van der Waals surface area contributed by atoms with Crippen molar-refractivity contribution in [2.24, 2.45) is 29.1 Å². The summed E-state index contributed by atoms with van der Waals surface area (Å²) < 4.78 is 12.2. The first-order valence-corrected chi connectivity index (χ1v) is 8.85. The van der Waals surface area contributed by atoms with Crippen LogP contribution < -0.4 is 0 Å². The monoisotopic (exact) mass is 294 g/mol. The van der Waals surface area contributed by atoms with Gasteiger partial charge in [-0.3, -0.25) is 4.79 Å². The molecule has 3 rings (SSSR count). The van der Waals surface area contributed by atoms with Gasteiger partial charge in [0.2, 0.25) is 6.29 Å². The van der Waals surface area contributed by atoms with Gasteiger partial charge in [0.15, 0.2) is 0 Å². The van der Waals surface area contributed by atoms with E-state index in [0.29, 0.717) is 11.8 Å². The fourth-order valence-corrected chi connectivity index (χ4v) is 6.42. The molecule has 0 amide bonds. The van der Waals surface area contributed by atoms with Gasteiger partial charge in [0, 0.05) is 18.3 Å². The minimum atomic E-state index is -0.316. The molecule has 3 fully saturated rings. The summed E-state index contributed by atoms with van der Waals surface area (Å²) in [7, 11) is 0. The van der Waals surface area contributed by atoms with Crippen molar-refractivity contribution in [3.05, 3.63) is 0 Å². The molecule has 1 heterocycles. The summed E-state index contributed by atoms with van der Waals surface area (Å²) in [5, 5.41) is 0. The number of hydrogen-bond acceptors (Lipinski definition) is 3. The second kappa shape index (κ2) is 4.97. The first kappa shape index (κ1) is 15.3. The Kier molecular flexibility index (Phi) is 3.63. The maximum atomic E-state index is 11.5. The van der Waals surface area contributed by atoms with Gasteiger partial charge >= 0.3 is 5.97 Å². The van der Waals surface area contributed by atoms with E-state index in [1.165, 1.54) is 19.8 Å². The van der Waals surface area contributed by atoms with Gasteiger partial charge in [-0.25, -0.2) is 0 Å². The SMILES string of the molecule is CC[C@@H]1C[C@@]2(CC)OC(OC(C)=O)[C@]3(CC)C2C1[C@H]3CC. The van der Waals surface area contributed by atoms with E-state index in [1.54, 1.807) is 0 Å². The van der Waals surface area contributed by atoms with Crippen molar-refractivity contribution < 1.29 is 14.3 Å². The molecular weight excluding hydrogens is 264 g/mol. The van der Waals surface area contributed by atoms with Crippen molar-refractivity contribution in [1.29, 1.82) is 0 Å². The van der Waals surface area contributed by atoms with E-state index in [9.17, 15) is 4.79 Å². The molecule has 0 bridgehead atoms. The van der Waals surface area contributed by atoms with E-state index in [4.69, 9.17) is 9.47 Å². The van der Waals surface area contributed by atoms with Gasteiger partial charge in [-0.2, -0.15) is 0 Å². The summed E-state index contributed by atoms with van der Waals surface area (Å²) >= 11 is 0. The Morgan fingerprint density at radius 1 is 1.19 bits per heavy atom. The Morgan fingerprint density at radius 2 is 1.90 bits per heavy atom. The summed E-state index contributed by atoms with van der Waals surface area (Å²) in [6.07, 6.45) is 5.37. The number of esters is 1. The van der Waals surface area contributed by atoms with E-state index < -0.39 is 0 Å². The Labute approximate surface area is 128 Å². The van der Waals surface area contributed by atoms with E-state index in [0.717, 1.165) is 31.1 Å². The predicted molar refractivity (Wildman–Crippen MR) is 81.5 cm³/mol. The molecule has 120 valence electrons. The molecule has 7 atom stereocenters. The molecule has 2 saturated carbocycles. The average molecular weight is 294 g/mol. The zero-order valence-corrected chi connectivity index (χ0v) is 14.1. The topological polar surface area (TPSA) is 35.5 Å². The van der Waals surface area contributed by atoms with Crippen molar-refractivity contribution in [2.75, 3.05) is 0 Å². The Morgan fingerprint density at radius 3 is 2.38 bits per heavy atom. The van der Waals surface area contributed by atoms with Crippen LogP contribution in [0.5, 0.6) is 0 Å². The van der Waals surface area contributed by atoms with E-state index in [-0.39, 0.29) is 23.3 Å². The maximum Gasteiger partial charge on any atom is 0.304 e. The van der Waals surface area contributed by atoms with Gasteiger partial charge in [0.25, 0.3) is 0 Å². The van der Waals surface area contributed by atoms with Crippen LogP contribution in [-0.2, 0) is 14.3 Å². The van der Waals surface area contributed by atoms with E-state index in [2.05, 4.69) is 27.7 Å². The lowest BCUT2D eigenvalue weighted by Gasteiger charge is -2.59. The zero-order valence-electron chi connectivity index (χ0n) is 14.1. The Balaban J connectivity index is 2.01. The molecule has 3 unspecified atom stereocenters. The van der Waals surface area contributed by atoms with E-state index in [1.807, 2.05) is 0 Å². The minimum absolute atomic E-state index is 0.0346. The highest BCUT2D eigenvalue weighted by Gasteiger charge is 2.80. The largest absolute Gasteiger partial charge is 0.435 e. The van der Waals surface area contributed by atoms with Crippen LogP contribution in [0, 0.1) is 29.1 Å². The third-order valence-corrected chi connectivity index (χ3v) is 7.07. The second-order valence-corrected chi connectivity index (χ2v) is 7.39. The van der Waals surface area contributed by atoms with Gasteiger partial charge < -0.3 is 9.47 Å². The van der Waals surface area contributed by atoms with Crippen LogP contribution in [0.4, 0.5) is 0 Å². The summed E-state index contributed by atoms with van der Waals surface area (Å²) in [5.41, 5.74) is 0.0398. The van der Waals surface area contributed by atoms with Gasteiger partial charge in [0.05, 0.1) is 5.60 Å². The number of rotatable bonds is 5. The lowest BCUT2D eigenvalue weighted by atomic mass is 9.43.